The van der Waals surface area contributed by atoms with Gasteiger partial charge in [0.2, 0.25) is 0 Å². The number of carbonyl (C=O) groups is 1. The molecule has 0 aliphatic rings. The van der Waals surface area contributed by atoms with Crippen molar-refractivity contribution in [2.24, 2.45) is 0 Å². The molecule has 0 fully saturated rings. The number of aliphatic carboxylic acids is 1. The lowest BCUT2D eigenvalue weighted by molar-refractivity contribution is -0.139. The van der Waals surface area contributed by atoms with Crippen LogP contribution in [-0.2, 0) is 4.79 Å². The summed E-state index contributed by atoms with van der Waals surface area (Å²) < 4.78 is 0. The van der Waals surface area contributed by atoms with Crippen LogP contribution in [0.4, 0.5) is 0 Å². The zero-order valence-electron chi connectivity index (χ0n) is 8.23. The topological polar surface area (TPSA) is 62.2 Å². The van der Waals surface area contributed by atoms with E-state index in [-0.39, 0.29) is 6.04 Å². The normalized spacial score (nSPS) is 15.0. The van der Waals surface area contributed by atoms with Crippen LogP contribution in [0.2, 0.25) is 0 Å². The van der Waals surface area contributed by atoms with Crippen LogP contribution in [-0.4, -0.2) is 22.1 Å². The highest BCUT2D eigenvalue weighted by atomic mass is 32.1. The third-order valence-electron chi connectivity index (χ3n) is 2.05. The average molecular weight is 214 g/mol. The molecular weight excluding hydrogens is 200 g/mol. The van der Waals surface area contributed by atoms with Crippen molar-refractivity contribution in [2.45, 2.75) is 32.4 Å². The Hall–Kier alpha value is -0.940. The van der Waals surface area contributed by atoms with Crippen molar-refractivity contribution in [3.05, 3.63) is 16.6 Å². The first kappa shape index (κ1) is 11.1. The summed E-state index contributed by atoms with van der Waals surface area (Å²) in [6, 6.07) is -0.435. The van der Waals surface area contributed by atoms with Gasteiger partial charge in [0.15, 0.2) is 0 Å². The van der Waals surface area contributed by atoms with Crippen molar-refractivity contribution >= 4 is 17.3 Å². The second kappa shape index (κ2) is 5.07. The molecule has 2 atom stereocenters. The number of thiazole rings is 1. The van der Waals surface area contributed by atoms with Crippen LogP contribution in [0, 0.1) is 0 Å². The van der Waals surface area contributed by atoms with Gasteiger partial charge in [-0.2, -0.15) is 0 Å². The molecule has 0 amide bonds. The van der Waals surface area contributed by atoms with Crippen molar-refractivity contribution in [3.63, 3.8) is 0 Å². The summed E-state index contributed by atoms with van der Waals surface area (Å²) in [5.74, 6) is -0.852. The second-order valence-corrected chi connectivity index (χ2v) is 4.07. The lowest BCUT2D eigenvalue weighted by atomic mass is 10.2. The van der Waals surface area contributed by atoms with E-state index in [0.717, 1.165) is 11.3 Å². The van der Waals surface area contributed by atoms with Crippen molar-refractivity contribution in [1.82, 2.24) is 10.3 Å². The highest BCUT2D eigenvalue weighted by molar-refractivity contribution is 7.09. The van der Waals surface area contributed by atoms with Crippen LogP contribution in [0.1, 0.15) is 31.2 Å². The molecular formula is C9H14N2O2S. The molecule has 0 bridgehead atoms. The number of carboxylic acids is 1. The molecule has 0 aromatic carbocycles. The summed E-state index contributed by atoms with van der Waals surface area (Å²) in [4.78, 5) is 15.6. The molecule has 0 aliphatic heterocycles. The van der Waals surface area contributed by atoms with Crippen LogP contribution in [0.3, 0.4) is 0 Å². The number of rotatable bonds is 5. The lowest BCUT2D eigenvalue weighted by Crippen LogP contribution is -2.34. The Kier molecular flexibility index (Phi) is 4.03. The van der Waals surface area contributed by atoms with Gasteiger partial charge in [0.25, 0.3) is 0 Å². The predicted molar refractivity (Wildman–Crippen MR) is 55.4 cm³/mol. The Labute approximate surface area is 87.0 Å². The molecule has 1 aromatic rings. The summed E-state index contributed by atoms with van der Waals surface area (Å²) in [6.45, 7) is 3.99. The molecule has 0 aliphatic carbocycles. The standard InChI is InChI=1S/C9H14N2O2S/c1-3-6(2)11-8(9(12)13)7-4-10-5-14-7/h4-6,8,11H,3H2,1-2H3,(H,12,13). The molecule has 0 radical (unpaired) electrons. The molecule has 5 heteroatoms. The summed E-state index contributed by atoms with van der Waals surface area (Å²) in [6.07, 6.45) is 2.50. The van der Waals surface area contributed by atoms with Crippen molar-refractivity contribution < 1.29 is 9.90 Å². The highest BCUT2D eigenvalue weighted by Crippen LogP contribution is 2.18. The number of nitrogens with zero attached hydrogens (tertiary/aromatic N) is 1. The van der Waals surface area contributed by atoms with E-state index < -0.39 is 12.0 Å². The maximum absolute atomic E-state index is 11.0. The largest absolute Gasteiger partial charge is 0.480 e. The first-order chi connectivity index (χ1) is 6.65. The smallest absolute Gasteiger partial charge is 0.326 e. The minimum Gasteiger partial charge on any atom is -0.480 e. The van der Waals surface area contributed by atoms with Crippen molar-refractivity contribution in [1.29, 1.82) is 0 Å². The van der Waals surface area contributed by atoms with Crippen molar-refractivity contribution in [3.8, 4) is 0 Å². The first-order valence-electron chi connectivity index (χ1n) is 4.52. The summed E-state index contributed by atoms with van der Waals surface area (Å²) >= 11 is 1.36. The van der Waals surface area contributed by atoms with Gasteiger partial charge < -0.3 is 5.11 Å². The molecule has 0 saturated heterocycles. The van der Waals surface area contributed by atoms with Gasteiger partial charge in [-0.25, -0.2) is 0 Å². The number of hydrogen-bond donors (Lipinski definition) is 2. The molecule has 78 valence electrons. The number of aromatic nitrogens is 1. The zero-order valence-corrected chi connectivity index (χ0v) is 9.04. The fourth-order valence-corrected chi connectivity index (χ4v) is 1.72. The van der Waals surface area contributed by atoms with Gasteiger partial charge in [0, 0.05) is 12.2 Å². The molecule has 2 N–H and O–H groups in total. The highest BCUT2D eigenvalue weighted by Gasteiger charge is 2.22. The molecule has 14 heavy (non-hydrogen) atoms. The number of hydrogen-bond acceptors (Lipinski definition) is 4. The van der Waals surface area contributed by atoms with Crippen LogP contribution in [0.15, 0.2) is 11.7 Å². The maximum atomic E-state index is 11.0. The Morgan fingerprint density at radius 3 is 2.93 bits per heavy atom. The summed E-state index contributed by atoms with van der Waals surface area (Å²) in [5.41, 5.74) is 1.64. The van der Waals surface area contributed by atoms with Crippen LogP contribution >= 0.6 is 11.3 Å². The first-order valence-corrected chi connectivity index (χ1v) is 5.40. The zero-order chi connectivity index (χ0) is 10.6. The van der Waals surface area contributed by atoms with Gasteiger partial charge in [-0.15, -0.1) is 11.3 Å². The molecule has 1 aromatic heterocycles. The Morgan fingerprint density at radius 1 is 1.79 bits per heavy atom. The Balaban J connectivity index is 2.71. The van der Waals surface area contributed by atoms with E-state index in [9.17, 15) is 4.79 Å². The quantitative estimate of drug-likeness (QED) is 0.782. The monoisotopic (exact) mass is 214 g/mol. The molecule has 1 heterocycles. The van der Waals surface area contributed by atoms with Crippen molar-refractivity contribution in [2.75, 3.05) is 0 Å². The minimum absolute atomic E-state index is 0.193. The van der Waals surface area contributed by atoms with E-state index in [1.807, 2.05) is 13.8 Å². The van der Waals surface area contributed by atoms with Gasteiger partial charge >= 0.3 is 5.97 Å². The van der Waals surface area contributed by atoms with E-state index in [1.165, 1.54) is 11.3 Å². The predicted octanol–water partition coefficient (Wildman–Crippen LogP) is 1.66. The fraction of sp³-hybridized carbons (Fsp3) is 0.556. The molecule has 1 rings (SSSR count). The number of nitrogens with one attached hydrogen (secondary N) is 1. The van der Waals surface area contributed by atoms with Gasteiger partial charge in [0.1, 0.15) is 6.04 Å². The Bertz CT molecular complexity index is 287. The fourth-order valence-electron chi connectivity index (χ4n) is 1.05. The summed E-state index contributed by atoms with van der Waals surface area (Å²) in [7, 11) is 0. The van der Waals surface area contributed by atoms with Gasteiger partial charge in [-0.05, 0) is 13.3 Å². The molecule has 2 unspecified atom stereocenters. The SMILES string of the molecule is CCC(C)NC(C(=O)O)c1cncs1. The summed E-state index contributed by atoms with van der Waals surface area (Å²) in [5, 5.41) is 12.0. The van der Waals surface area contributed by atoms with Gasteiger partial charge in [-0.1, -0.05) is 6.92 Å². The second-order valence-electron chi connectivity index (χ2n) is 3.15. The van der Waals surface area contributed by atoms with E-state index in [4.69, 9.17) is 5.11 Å². The van der Waals surface area contributed by atoms with E-state index in [1.54, 1.807) is 11.7 Å². The lowest BCUT2D eigenvalue weighted by Gasteiger charge is -2.17. The molecule has 0 spiro atoms. The van der Waals surface area contributed by atoms with Gasteiger partial charge in [0.05, 0.1) is 10.4 Å². The van der Waals surface area contributed by atoms with E-state index in [0.29, 0.717) is 0 Å². The van der Waals surface area contributed by atoms with E-state index in [2.05, 4.69) is 10.3 Å². The van der Waals surface area contributed by atoms with Crippen LogP contribution < -0.4 is 5.32 Å². The average Bonchev–Trinajstić information content (AvgIpc) is 2.65. The maximum Gasteiger partial charge on any atom is 0.326 e. The van der Waals surface area contributed by atoms with Gasteiger partial charge in [-0.3, -0.25) is 15.1 Å². The molecule has 0 saturated carbocycles. The van der Waals surface area contributed by atoms with E-state index >= 15 is 0 Å². The number of carboxylic acid groups (broad SMARTS) is 1. The molecule has 4 nitrogen and oxygen atoms in total. The van der Waals surface area contributed by atoms with Crippen LogP contribution in [0.5, 0.6) is 0 Å². The Morgan fingerprint density at radius 2 is 2.50 bits per heavy atom. The van der Waals surface area contributed by atoms with Crippen LogP contribution in [0.25, 0.3) is 0 Å². The third-order valence-corrected chi connectivity index (χ3v) is 2.89. The third kappa shape index (κ3) is 2.78. The minimum atomic E-state index is -0.852.